The van der Waals surface area contributed by atoms with Gasteiger partial charge in [-0.1, -0.05) is 51.1 Å². The summed E-state index contributed by atoms with van der Waals surface area (Å²) in [7, 11) is -3.47. The molecule has 0 radical (unpaired) electrons. The molecule has 5 nitrogen and oxygen atoms in total. The Labute approximate surface area is 177 Å². The van der Waals surface area contributed by atoms with Crippen LogP contribution in [0.2, 0.25) is 0 Å². The summed E-state index contributed by atoms with van der Waals surface area (Å²) in [5.74, 6) is 0. The molecule has 1 saturated heterocycles. The molecule has 0 N–H and O–H groups in total. The second-order valence-electron chi connectivity index (χ2n) is 8.57. The van der Waals surface area contributed by atoms with Crippen LogP contribution in [0.4, 0.5) is 0 Å². The average Bonchev–Trinajstić information content (AvgIpc) is 3.17. The molecular formula is C22H27N3O2S2. The zero-order valence-electron chi connectivity index (χ0n) is 17.1. The summed E-state index contributed by atoms with van der Waals surface area (Å²) in [5.41, 5.74) is 1.18. The van der Waals surface area contributed by atoms with Crippen LogP contribution in [0.3, 0.4) is 0 Å². The van der Waals surface area contributed by atoms with Crippen LogP contribution < -0.4 is 0 Å². The number of fused-ring (bicyclic) bond motifs is 1. The second kappa shape index (κ2) is 7.80. The third-order valence-electron chi connectivity index (χ3n) is 5.37. The van der Waals surface area contributed by atoms with Crippen LogP contribution in [-0.2, 0) is 22.0 Å². The lowest BCUT2D eigenvalue weighted by atomic mass is 9.93. The lowest BCUT2D eigenvalue weighted by Crippen LogP contribution is -2.48. The van der Waals surface area contributed by atoms with E-state index in [0.29, 0.717) is 18.0 Å². The number of hydrogen-bond acceptors (Lipinski definition) is 5. The number of sulfonamides is 1. The van der Waals surface area contributed by atoms with E-state index in [9.17, 15) is 8.42 Å². The Morgan fingerprint density at radius 1 is 1.00 bits per heavy atom. The van der Waals surface area contributed by atoms with Gasteiger partial charge in [0.25, 0.3) is 0 Å². The molecule has 3 aromatic rings. The van der Waals surface area contributed by atoms with Gasteiger partial charge in [-0.05, 0) is 22.9 Å². The molecule has 0 bridgehead atoms. The smallest absolute Gasteiger partial charge is 0.243 e. The van der Waals surface area contributed by atoms with E-state index in [1.165, 1.54) is 0 Å². The molecule has 0 atom stereocenters. The fourth-order valence-electron chi connectivity index (χ4n) is 3.52. The molecule has 0 aliphatic carbocycles. The Hall–Kier alpha value is -1.80. The maximum Gasteiger partial charge on any atom is 0.243 e. The highest BCUT2D eigenvalue weighted by Gasteiger charge is 2.29. The fourth-order valence-corrected chi connectivity index (χ4v) is 6.04. The summed E-state index contributed by atoms with van der Waals surface area (Å²) in [4.78, 5) is 7.43. The van der Waals surface area contributed by atoms with E-state index in [2.05, 4.69) is 31.1 Å². The molecule has 0 saturated carbocycles. The van der Waals surface area contributed by atoms with E-state index in [-0.39, 0.29) is 5.41 Å². The highest BCUT2D eigenvalue weighted by molar-refractivity contribution is 7.89. The minimum Gasteiger partial charge on any atom is -0.294 e. The lowest BCUT2D eigenvalue weighted by Gasteiger charge is -2.33. The minimum atomic E-state index is -3.47. The molecule has 154 valence electrons. The van der Waals surface area contributed by atoms with Crippen LogP contribution in [0.15, 0.2) is 52.7 Å². The van der Waals surface area contributed by atoms with Gasteiger partial charge in [-0.3, -0.25) is 4.90 Å². The molecule has 2 heterocycles. The Morgan fingerprint density at radius 2 is 1.69 bits per heavy atom. The van der Waals surface area contributed by atoms with Crippen LogP contribution in [0.5, 0.6) is 0 Å². The maximum atomic E-state index is 13.1. The van der Waals surface area contributed by atoms with E-state index in [1.807, 2.05) is 30.3 Å². The number of thiazole rings is 1. The zero-order valence-corrected chi connectivity index (χ0v) is 18.8. The van der Waals surface area contributed by atoms with Gasteiger partial charge in [0.15, 0.2) is 0 Å². The molecule has 0 amide bonds. The number of aromatic nitrogens is 1. The van der Waals surface area contributed by atoms with Crippen molar-refractivity contribution in [3.05, 3.63) is 58.5 Å². The Balaban J connectivity index is 1.42. The Bertz CT molecular complexity index is 1110. The summed E-state index contributed by atoms with van der Waals surface area (Å²) in [6.07, 6.45) is 0. The molecule has 2 aromatic carbocycles. The number of nitrogens with zero attached hydrogens (tertiary/aromatic N) is 3. The monoisotopic (exact) mass is 429 g/mol. The second-order valence-corrected chi connectivity index (χ2v) is 11.4. The van der Waals surface area contributed by atoms with Crippen molar-refractivity contribution in [3.63, 3.8) is 0 Å². The van der Waals surface area contributed by atoms with Gasteiger partial charge in [-0.25, -0.2) is 13.4 Å². The van der Waals surface area contributed by atoms with Crippen molar-refractivity contribution in [3.8, 4) is 0 Å². The number of piperazine rings is 1. The molecule has 29 heavy (non-hydrogen) atoms. The van der Waals surface area contributed by atoms with Gasteiger partial charge in [0, 0.05) is 37.0 Å². The molecule has 1 aliphatic rings. The molecule has 4 rings (SSSR count). The molecule has 0 unspecified atom stereocenters. The summed E-state index contributed by atoms with van der Waals surface area (Å²) in [6, 6.07) is 13.2. The SMILES string of the molecule is CC(C)(C)c1csc(CN2CCN(S(=O)(=O)c3ccc4ccccc4c3)CC2)n1. The first-order chi connectivity index (χ1) is 13.7. The van der Waals surface area contributed by atoms with Crippen LogP contribution in [0, 0.1) is 0 Å². The van der Waals surface area contributed by atoms with Gasteiger partial charge in [0.2, 0.25) is 10.0 Å². The van der Waals surface area contributed by atoms with Crippen molar-refractivity contribution < 1.29 is 8.42 Å². The van der Waals surface area contributed by atoms with Gasteiger partial charge in [0.1, 0.15) is 5.01 Å². The van der Waals surface area contributed by atoms with E-state index in [4.69, 9.17) is 4.98 Å². The van der Waals surface area contributed by atoms with Gasteiger partial charge >= 0.3 is 0 Å². The van der Waals surface area contributed by atoms with Gasteiger partial charge in [-0.15, -0.1) is 11.3 Å². The third kappa shape index (κ3) is 4.38. The van der Waals surface area contributed by atoms with Gasteiger partial charge < -0.3 is 0 Å². The van der Waals surface area contributed by atoms with Crippen molar-refractivity contribution in [2.75, 3.05) is 26.2 Å². The number of benzene rings is 2. The van der Waals surface area contributed by atoms with Crippen molar-refractivity contribution in [2.45, 2.75) is 37.6 Å². The summed E-state index contributed by atoms with van der Waals surface area (Å²) < 4.78 is 27.8. The predicted octanol–water partition coefficient (Wildman–Crippen LogP) is 4.10. The van der Waals surface area contributed by atoms with Gasteiger partial charge in [-0.2, -0.15) is 4.31 Å². The molecular weight excluding hydrogens is 402 g/mol. The van der Waals surface area contributed by atoms with Crippen molar-refractivity contribution in [2.24, 2.45) is 0 Å². The Kier molecular flexibility index (Phi) is 5.50. The first kappa shape index (κ1) is 20.5. The molecule has 7 heteroatoms. The molecule has 1 aromatic heterocycles. The minimum absolute atomic E-state index is 0.0569. The molecule has 1 aliphatic heterocycles. The third-order valence-corrected chi connectivity index (χ3v) is 8.10. The van der Waals surface area contributed by atoms with E-state index in [1.54, 1.807) is 27.8 Å². The van der Waals surface area contributed by atoms with Crippen molar-refractivity contribution in [1.29, 1.82) is 0 Å². The summed E-state index contributed by atoms with van der Waals surface area (Å²) in [6.45, 7) is 9.74. The Morgan fingerprint density at radius 3 is 2.34 bits per heavy atom. The van der Waals surface area contributed by atoms with E-state index < -0.39 is 10.0 Å². The number of rotatable bonds is 4. The first-order valence-corrected chi connectivity index (χ1v) is 12.2. The van der Waals surface area contributed by atoms with Crippen LogP contribution >= 0.6 is 11.3 Å². The van der Waals surface area contributed by atoms with Gasteiger partial charge in [0.05, 0.1) is 17.1 Å². The largest absolute Gasteiger partial charge is 0.294 e. The van der Waals surface area contributed by atoms with Crippen LogP contribution in [-0.4, -0.2) is 48.8 Å². The topological polar surface area (TPSA) is 53.5 Å². The first-order valence-electron chi connectivity index (χ1n) is 9.90. The fraction of sp³-hybridized carbons (Fsp3) is 0.409. The predicted molar refractivity (Wildman–Crippen MR) is 119 cm³/mol. The maximum absolute atomic E-state index is 13.1. The quantitative estimate of drug-likeness (QED) is 0.627. The highest BCUT2D eigenvalue weighted by Crippen LogP contribution is 2.26. The van der Waals surface area contributed by atoms with Crippen molar-refractivity contribution >= 4 is 32.1 Å². The van der Waals surface area contributed by atoms with E-state index in [0.717, 1.165) is 41.1 Å². The zero-order chi connectivity index (χ0) is 20.6. The number of hydrogen-bond donors (Lipinski definition) is 0. The van der Waals surface area contributed by atoms with Crippen LogP contribution in [0.1, 0.15) is 31.5 Å². The standard InChI is InChI=1S/C22H27N3O2S2/c1-22(2,3)20-16-28-21(23-20)15-24-10-12-25(13-11-24)29(26,27)19-9-8-17-6-4-5-7-18(17)14-19/h4-9,14,16H,10-13,15H2,1-3H3. The van der Waals surface area contributed by atoms with Crippen LogP contribution in [0.25, 0.3) is 10.8 Å². The van der Waals surface area contributed by atoms with E-state index >= 15 is 0 Å². The van der Waals surface area contributed by atoms with Crippen molar-refractivity contribution in [1.82, 2.24) is 14.2 Å². The summed E-state index contributed by atoms with van der Waals surface area (Å²) in [5, 5.41) is 5.23. The normalized spacial score (nSPS) is 17.1. The molecule has 0 spiro atoms. The highest BCUT2D eigenvalue weighted by atomic mass is 32.2. The average molecular weight is 430 g/mol. The molecule has 1 fully saturated rings. The summed E-state index contributed by atoms with van der Waals surface area (Å²) >= 11 is 1.69. The lowest BCUT2D eigenvalue weighted by molar-refractivity contribution is 0.181.